The highest BCUT2D eigenvalue weighted by molar-refractivity contribution is 7.91. The maximum atomic E-state index is 12.3. The van der Waals surface area contributed by atoms with E-state index < -0.39 is 9.84 Å². The predicted octanol–water partition coefficient (Wildman–Crippen LogP) is 0.709. The van der Waals surface area contributed by atoms with Gasteiger partial charge in [-0.05, 0) is 31.5 Å². The van der Waals surface area contributed by atoms with E-state index in [-0.39, 0.29) is 35.1 Å². The Hall–Kier alpha value is -2.55. The number of carbonyl (C=O) groups is 1. The van der Waals surface area contributed by atoms with Crippen LogP contribution in [-0.2, 0) is 16.4 Å². The molecule has 9 heteroatoms. The standard InChI is InChI=1S/C16H19N5O3S/c1-11-8-14(15(22)18-9-12-4-2-3-6-17-12)21-16(19-11)20-13-5-7-25(23,24)10-13/h2-4,6,8,13H,5,7,9-10H2,1H3,(H,18,22)(H,19,20,21). The summed E-state index contributed by atoms with van der Waals surface area (Å²) in [5.41, 5.74) is 1.60. The van der Waals surface area contributed by atoms with Gasteiger partial charge >= 0.3 is 0 Å². The zero-order chi connectivity index (χ0) is 17.9. The van der Waals surface area contributed by atoms with Crippen molar-refractivity contribution in [2.45, 2.75) is 25.9 Å². The van der Waals surface area contributed by atoms with Crippen molar-refractivity contribution in [3.8, 4) is 0 Å². The number of anilines is 1. The number of hydrogen-bond donors (Lipinski definition) is 2. The molecule has 132 valence electrons. The van der Waals surface area contributed by atoms with Gasteiger partial charge in [0.2, 0.25) is 5.95 Å². The van der Waals surface area contributed by atoms with E-state index >= 15 is 0 Å². The Morgan fingerprint density at radius 2 is 2.16 bits per heavy atom. The average Bonchev–Trinajstić information content (AvgIpc) is 2.91. The van der Waals surface area contributed by atoms with Crippen LogP contribution in [0.1, 0.15) is 28.3 Å². The lowest BCUT2D eigenvalue weighted by Crippen LogP contribution is -2.26. The third-order valence-corrected chi connectivity index (χ3v) is 5.58. The monoisotopic (exact) mass is 361 g/mol. The first kappa shape index (κ1) is 17.3. The Labute approximate surface area is 146 Å². The highest BCUT2D eigenvalue weighted by atomic mass is 32.2. The average molecular weight is 361 g/mol. The van der Waals surface area contributed by atoms with E-state index in [0.29, 0.717) is 18.7 Å². The van der Waals surface area contributed by atoms with Crippen molar-refractivity contribution in [2.75, 3.05) is 16.8 Å². The lowest BCUT2D eigenvalue weighted by atomic mass is 10.2. The molecule has 3 rings (SSSR count). The van der Waals surface area contributed by atoms with E-state index in [4.69, 9.17) is 0 Å². The summed E-state index contributed by atoms with van der Waals surface area (Å²) in [7, 11) is -3.00. The number of pyridine rings is 1. The molecule has 2 N–H and O–H groups in total. The fourth-order valence-electron chi connectivity index (χ4n) is 2.60. The van der Waals surface area contributed by atoms with Gasteiger partial charge in [0.1, 0.15) is 5.69 Å². The second-order valence-corrected chi connectivity index (χ2v) is 8.19. The minimum absolute atomic E-state index is 0.0610. The fraction of sp³-hybridized carbons (Fsp3) is 0.375. The van der Waals surface area contributed by atoms with E-state index in [1.54, 1.807) is 25.3 Å². The van der Waals surface area contributed by atoms with Crippen LogP contribution in [0.4, 0.5) is 5.95 Å². The van der Waals surface area contributed by atoms with Crippen molar-refractivity contribution in [3.05, 3.63) is 47.5 Å². The van der Waals surface area contributed by atoms with Gasteiger partial charge in [-0.3, -0.25) is 9.78 Å². The highest BCUT2D eigenvalue weighted by Gasteiger charge is 2.28. The third-order valence-electron chi connectivity index (χ3n) is 3.81. The summed E-state index contributed by atoms with van der Waals surface area (Å²) in [4.78, 5) is 24.9. The first-order valence-corrected chi connectivity index (χ1v) is 9.74. The number of aromatic nitrogens is 3. The molecule has 0 bridgehead atoms. The maximum Gasteiger partial charge on any atom is 0.270 e. The Kier molecular flexibility index (Phi) is 4.93. The normalized spacial score (nSPS) is 18.7. The molecule has 2 aromatic heterocycles. The summed E-state index contributed by atoms with van der Waals surface area (Å²) in [5, 5.41) is 5.77. The van der Waals surface area contributed by atoms with Crippen LogP contribution in [0.25, 0.3) is 0 Å². The Bertz CT molecular complexity index is 871. The van der Waals surface area contributed by atoms with Crippen LogP contribution in [0.15, 0.2) is 30.5 Å². The number of aryl methyl sites for hydroxylation is 1. The summed E-state index contributed by atoms with van der Waals surface area (Å²) in [6.45, 7) is 2.06. The zero-order valence-electron chi connectivity index (χ0n) is 13.8. The number of hydrogen-bond acceptors (Lipinski definition) is 7. The van der Waals surface area contributed by atoms with Gasteiger partial charge in [0.25, 0.3) is 5.91 Å². The molecule has 1 aliphatic heterocycles. The molecule has 1 saturated heterocycles. The number of carbonyl (C=O) groups excluding carboxylic acids is 1. The Morgan fingerprint density at radius 1 is 1.32 bits per heavy atom. The van der Waals surface area contributed by atoms with Crippen molar-refractivity contribution < 1.29 is 13.2 Å². The van der Waals surface area contributed by atoms with Gasteiger partial charge in [-0.2, -0.15) is 0 Å². The van der Waals surface area contributed by atoms with Gasteiger partial charge in [0, 0.05) is 17.9 Å². The molecule has 0 aromatic carbocycles. The van der Waals surface area contributed by atoms with Crippen molar-refractivity contribution in [2.24, 2.45) is 0 Å². The molecule has 0 saturated carbocycles. The highest BCUT2D eigenvalue weighted by Crippen LogP contribution is 2.16. The molecule has 1 atom stereocenters. The van der Waals surface area contributed by atoms with Gasteiger partial charge in [0.05, 0.1) is 23.7 Å². The largest absolute Gasteiger partial charge is 0.350 e. The number of sulfone groups is 1. The second-order valence-electron chi connectivity index (χ2n) is 5.97. The van der Waals surface area contributed by atoms with Crippen LogP contribution in [0.2, 0.25) is 0 Å². The first-order valence-electron chi connectivity index (χ1n) is 7.92. The Morgan fingerprint density at radius 3 is 2.84 bits per heavy atom. The fourth-order valence-corrected chi connectivity index (χ4v) is 4.28. The van der Waals surface area contributed by atoms with Crippen molar-refractivity contribution in [1.82, 2.24) is 20.3 Å². The van der Waals surface area contributed by atoms with Crippen LogP contribution < -0.4 is 10.6 Å². The summed E-state index contributed by atoms with van der Waals surface area (Å²) in [6, 6.07) is 6.83. The number of nitrogens with zero attached hydrogens (tertiary/aromatic N) is 3. The van der Waals surface area contributed by atoms with E-state index in [1.807, 2.05) is 12.1 Å². The summed E-state index contributed by atoms with van der Waals surface area (Å²) in [6.07, 6.45) is 2.18. The zero-order valence-corrected chi connectivity index (χ0v) is 14.6. The van der Waals surface area contributed by atoms with Crippen molar-refractivity contribution in [1.29, 1.82) is 0 Å². The molecular formula is C16H19N5O3S. The first-order chi connectivity index (χ1) is 11.9. The van der Waals surface area contributed by atoms with Gasteiger partial charge < -0.3 is 10.6 Å². The molecule has 1 amide bonds. The smallest absolute Gasteiger partial charge is 0.270 e. The van der Waals surface area contributed by atoms with E-state index in [2.05, 4.69) is 25.6 Å². The molecule has 2 aromatic rings. The number of amides is 1. The molecule has 1 unspecified atom stereocenters. The lowest BCUT2D eigenvalue weighted by Gasteiger charge is -2.12. The van der Waals surface area contributed by atoms with E-state index in [0.717, 1.165) is 5.69 Å². The third kappa shape index (κ3) is 4.72. The lowest BCUT2D eigenvalue weighted by molar-refractivity contribution is 0.0945. The van der Waals surface area contributed by atoms with Crippen LogP contribution in [0, 0.1) is 6.92 Å². The molecule has 0 radical (unpaired) electrons. The molecule has 0 aliphatic carbocycles. The van der Waals surface area contributed by atoms with Crippen LogP contribution in [-0.4, -0.2) is 46.8 Å². The summed E-state index contributed by atoms with van der Waals surface area (Å²) >= 11 is 0. The van der Waals surface area contributed by atoms with Crippen LogP contribution >= 0.6 is 0 Å². The molecule has 3 heterocycles. The van der Waals surface area contributed by atoms with Crippen molar-refractivity contribution >= 4 is 21.7 Å². The van der Waals surface area contributed by atoms with Gasteiger partial charge in [-0.25, -0.2) is 18.4 Å². The van der Waals surface area contributed by atoms with Gasteiger partial charge in [-0.1, -0.05) is 6.07 Å². The quantitative estimate of drug-likeness (QED) is 0.806. The summed E-state index contributed by atoms with van der Waals surface area (Å²) < 4.78 is 23.1. The van der Waals surface area contributed by atoms with Crippen molar-refractivity contribution in [3.63, 3.8) is 0 Å². The van der Waals surface area contributed by atoms with Crippen LogP contribution in [0.5, 0.6) is 0 Å². The molecule has 25 heavy (non-hydrogen) atoms. The predicted molar refractivity (Wildman–Crippen MR) is 92.9 cm³/mol. The van der Waals surface area contributed by atoms with E-state index in [1.165, 1.54) is 0 Å². The van der Waals surface area contributed by atoms with Gasteiger partial charge in [0.15, 0.2) is 9.84 Å². The van der Waals surface area contributed by atoms with E-state index in [9.17, 15) is 13.2 Å². The van der Waals surface area contributed by atoms with Crippen LogP contribution in [0.3, 0.4) is 0 Å². The maximum absolute atomic E-state index is 12.3. The minimum Gasteiger partial charge on any atom is -0.350 e. The molecule has 0 spiro atoms. The van der Waals surface area contributed by atoms with Gasteiger partial charge in [-0.15, -0.1) is 0 Å². The number of rotatable bonds is 5. The minimum atomic E-state index is -3.00. The Balaban J connectivity index is 1.67. The molecular weight excluding hydrogens is 342 g/mol. The summed E-state index contributed by atoms with van der Waals surface area (Å²) in [5.74, 6) is 0.155. The molecule has 1 aliphatic rings. The topological polar surface area (TPSA) is 114 Å². The number of nitrogens with one attached hydrogen (secondary N) is 2. The SMILES string of the molecule is Cc1cc(C(=O)NCc2ccccn2)nc(NC2CCS(=O)(=O)C2)n1. The molecule has 8 nitrogen and oxygen atoms in total. The molecule has 1 fully saturated rings. The second kappa shape index (κ2) is 7.14.